The van der Waals surface area contributed by atoms with Crippen molar-refractivity contribution in [3.05, 3.63) is 0 Å². The third kappa shape index (κ3) is 1.97. The van der Waals surface area contributed by atoms with Gasteiger partial charge in [-0.25, -0.2) is 0 Å². The number of hydrogen-bond donors (Lipinski definition) is 2. The van der Waals surface area contributed by atoms with Gasteiger partial charge in [0, 0.05) is 6.04 Å². The van der Waals surface area contributed by atoms with E-state index in [4.69, 9.17) is 5.73 Å². The van der Waals surface area contributed by atoms with E-state index in [1.165, 1.54) is 44.9 Å². The van der Waals surface area contributed by atoms with Crippen molar-refractivity contribution in [1.29, 1.82) is 0 Å². The van der Waals surface area contributed by atoms with Gasteiger partial charge >= 0.3 is 0 Å². The van der Waals surface area contributed by atoms with Crippen molar-refractivity contribution in [3.8, 4) is 0 Å². The second kappa shape index (κ2) is 4.71. The van der Waals surface area contributed by atoms with Crippen LogP contribution in [0.4, 0.5) is 0 Å². The van der Waals surface area contributed by atoms with Gasteiger partial charge in [-0.05, 0) is 85.9 Å². The van der Waals surface area contributed by atoms with Gasteiger partial charge in [0.25, 0.3) is 0 Å². The largest absolute Gasteiger partial charge is 0.393 e. The van der Waals surface area contributed by atoms with Gasteiger partial charge < -0.3 is 10.8 Å². The molecular weight excluding hydrogens is 258 g/mol. The molecule has 0 spiro atoms. The van der Waals surface area contributed by atoms with Crippen LogP contribution in [-0.2, 0) is 0 Å². The molecule has 0 aromatic heterocycles. The van der Waals surface area contributed by atoms with Crippen molar-refractivity contribution in [2.45, 2.75) is 83.8 Å². The summed E-state index contributed by atoms with van der Waals surface area (Å²) < 4.78 is 0. The van der Waals surface area contributed by atoms with Crippen LogP contribution in [0.5, 0.6) is 0 Å². The average Bonchev–Trinajstić information content (AvgIpc) is 2.80. The summed E-state index contributed by atoms with van der Waals surface area (Å²) in [6.07, 6.45) is 11.5. The van der Waals surface area contributed by atoms with Crippen molar-refractivity contribution >= 4 is 0 Å². The Balaban J connectivity index is 1.67. The standard InChI is InChI=1S/C19H33NO/c1-18-8-3-4-15(18)14-6-5-12-10-13(21)7-9-19(12,2)17(14)16(20)11-18/h12-17,21H,3-11,20H2,1-2H3/t12?,13-,14+,15+,16-,17-,18+,19+/m1/s1. The van der Waals surface area contributed by atoms with Crippen molar-refractivity contribution in [3.63, 3.8) is 0 Å². The molecule has 0 bridgehead atoms. The zero-order chi connectivity index (χ0) is 14.8. The Bertz CT molecular complexity index is 424. The van der Waals surface area contributed by atoms with E-state index < -0.39 is 0 Å². The first-order valence-electron chi connectivity index (χ1n) is 9.38. The van der Waals surface area contributed by atoms with Gasteiger partial charge in [0.1, 0.15) is 0 Å². The number of aliphatic hydroxyl groups is 1. The molecule has 4 saturated carbocycles. The topological polar surface area (TPSA) is 46.2 Å². The van der Waals surface area contributed by atoms with Crippen LogP contribution in [0.1, 0.15) is 71.6 Å². The predicted octanol–water partition coefficient (Wildman–Crippen LogP) is 3.72. The molecule has 4 aliphatic carbocycles. The summed E-state index contributed by atoms with van der Waals surface area (Å²) in [6, 6.07) is 0.400. The Morgan fingerprint density at radius 3 is 2.67 bits per heavy atom. The highest BCUT2D eigenvalue weighted by molar-refractivity contribution is 5.11. The van der Waals surface area contributed by atoms with E-state index in [1.807, 2.05) is 0 Å². The monoisotopic (exact) mass is 291 g/mol. The predicted molar refractivity (Wildman–Crippen MR) is 85.7 cm³/mol. The molecule has 8 atom stereocenters. The van der Waals surface area contributed by atoms with E-state index in [1.54, 1.807) is 0 Å². The van der Waals surface area contributed by atoms with Crippen molar-refractivity contribution in [1.82, 2.24) is 0 Å². The second-order valence-corrected chi connectivity index (χ2v) is 9.42. The first-order chi connectivity index (χ1) is 9.94. The van der Waals surface area contributed by atoms with Crippen LogP contribution in [0.15, 0.2) is 0 Å². The maximum Gasteiger partial charge on any atom is 0.0543 e. The molecule has 0 heterocycles. The summed E-state index contributed by atoms with van der Waals surface area (Å²) in [4.78, 5) is 0. The lowest BCUT2D eigenvalue weighted by Gasteiger charge is -2.62. The van der Waals surface area contributed by atoms with Gasteiger partial charge in [0.05, 0.1) is 6.10 Å². The van der Waals surface area contributed by atoms with Gasteiger partial charge in [-0.3, -0.25) is 0 Å². The van der Waals surface area contributed by atoms with Crippen LogP contribution in [0.2, 0.25) is 0 Å². The van der Waals surface area contributed by atoms with Gasteiger partial charge in [0.2, 0.25) is 0 Å². The Hall–Kier alpha value is -0.0800. The molecule has 4 rings (SSSR count). The molecule has 120 valence electrons. The molecule has 2 nitrogen and oxygen atoms in total. The number of hydrogen-bond acceptors (Lipinski definition) is 2. The SMILES string of the molecule is C[C@@]12CCC[C@H]1[C@@H]1CCC3C[C@H](O)CC[C@]3(C)[C@H]1[C@H](N)C2. The molecule has 4 aliphatic rings. The molecule has 0 saturated heterocycles. The van der Waals surface area contributed by atoms with Crippen LogP contribution in [-0.4, -0.2) is 17.3 Å². The van der Waals surface area contributed by atoms with E-state index in [9.17, 15) is 5.11 Å². The molecule has 4 fully saturated rings. The highest BCUT2D eigenvalue weighted by Gasteiger charge is 2.60. The minimum absolute atomic E-state index is 0.0452. The molecule has 0 amide bonds. The summed E-state index contributed by atoms with van der Waals surface area (Å²) in [5.74, 6) is 3.25. The minimum atomic E-state index is -0.0452. The van der Waals surface area contributed by atoms with E-state index in [0.29, 0.717) is 16.9 Å². The van der Waals surface area contributed by atoms with Crippen molar-refractivity contribution in [2.24, 2.45) is 40.2 Å². The molecular formula is C19H33NO. The average molecular weight is 291 g/mol. The Labute approximate surface area is 129 Å². The molecule has 3 N–H and O–H groups in total. The van der Waals surface area contributed by atoms with Crippen LogP contribution in [0.3, 0.4) is 0 Å². The van der Waals surface area contributed by atoms with Crippen LogP contribution in [0, 0.1) is 34.5 Å². The second-order valence-electron chi connectivity index (χ2n) is 9.42. The van der Waals surface area contributed by atoms with Crippen LogP contribution >= 0.6 is 0 Å². The molecule has 0 aromatic carbocycles. The maximum atomic E-state index is 10.1. The van der Waals surface area contributed by atoms with Gasteiger partial charge in [-0.1, -0.05) is 20.3 Å². The fraction of sp³-hybridized carbons (Fsp3) is 1.00. The van der Waals surface area contributed by atoms with Gasteiger partial charge in [-0.15, -0.1) is 0 Å². The molecule has 0 radical (unpaired) electrons. The summed E-state index contributed by atoms with van der Waals surface area (Å²) in [6.45, 7) is 5.05. The Morgan fingerprint density at radius 1 is 1.05 bits per heavy atom. The molecule has 2 heteroatoms. The molecule has 1 unspecified atom stereocenters. The number of aliphatic hydroxyl groups excluding tert-OH is 1. The first kappa shape index (κ1) is 14.5. The third-order valence-electron chi connectivity index (χ3n) is 8.41. The zero-order valence-corrected chi connectivity index (χ0v) is 13.9. The van der Waals surface area contributed by atoms with E-state index in [-0.39, 0.29) is 6.10 Å². The number of rotatable bonds is 0. The fourth-order valence-electron chi connectivity index (χ4n) is 7.51. The third-order valence-corrected chi connectivity index (χ3v) is 8.41. The number of nitrogens with two attached hydrogens (primary N) is 1. The van der Waals surface area contributed by atoms with Gasteiger partial charge in [0.15, 0.2) is 0 Å². The Morgan fingerprint density at radius 2 is 1.86 bits per heavy atom. The lowest BCUT2D eigenvalue weighted by Crippen LogP contribution is -2.60. The van der Waals surface area contributed by atoms with Crippen LogP contribution < -0.4 is 5.73 Å². The van der Waals surface area contributed by atoms with Gasteiger partial charge in [-0.2, -0.15) is 0 Å². The smallest absolute Gasteiger partial charge is 0.0543 e. The number of fused-ring (bicyclic) bond motifs is 5. The molecule has 0 aromatic rings. The summed E-state index contributed by atoms with van der Waals surface area (Å²) >= 11 is 0. The first-order valence-corrected chi connectivity index (χ1v) is 9.38. The zero-order valence-electron chi connectivity index (χ0n) is 13.9. The van der Waals surface area contributed by atoms with E-state index in [0.717, 1.165) is 36.5 Å². The Kier molecular flexibility index (Phi) is 3.25. The summed E-state index contributed by atoms with van der Waals surface area (Å²) in [5, 5.41) is 10.1. The lowest BCUT2D eigenvalue weighted by atomic mass is 9.44. The van der Waals surface area contributed by atoms with E-state index in [2.05, 4.69) is 13.8 Å². The highest BCUT2D eigenvalue weighted by Crippen LogP contribution is 2.65. The molecule has 21 heavy (non-hydrogen) atoms. The van der Waals surface area contributed by atoms with Crippen molar-refractivity contribution in [2.75, 3.05) is 0 Å². The highest BCUT2D eigenvalue weighted by atomic mass is 16.3. The lowest BCUT2D eigenvalue weighted by molar-refractivity contribution is -0.129. The minimum Gasteiger partial charge on any atom is -0.393 e. The van der Waals surface area contributed by atoms with E-state index >= 15 is 0 Å². The van der Waals surface area contributed by atoms with Crippen molar-refractivity contribution < 1.29 is 5.11 Å². The summed E-state index contributed by atoms with van der Waals surface area (Å²) in [7, 11) is 0. The quantitative estimate of drug-likeness (QED) is 0.714. The summed E-state index contributed by atoms with van der Waals surface area (Å²) in [5.41, 5.74) is 7.74. The fourth-order valence-corrected chi connectivity index (χ4v) is 7.51. The maximum absolute atomic E-state index is 10.1. The van der Waals surface area contributed by atoms with Crippen LogP contribution in [0.25, 0.3) is 0 Å². The normalized spacial score (nSPS) is 60.0. The molecule has 0 aliphatic heterocycles.